The van der Waals surface area contributed by atoms with Crippen LogP contribution in [0, 0.1) is 0 Å². The second-order valence-electron chi connectivity index (χ2n) is 5.40. The summed E-state index contributed by atoms with van der Waals surface area (Å²) < 4.78 is 5.24. The molecule has 118 valence electrons. The van der Waals surface area contributed by atoms with E-state index in [1.54, 1.807) is 12.1 Å². The van der Waals surface area contributed by atoms with Crippen LogP contribution in [0.25, 0.3) is 0 Å². The van der Waals surface area contributed by atoms with Crippen LogP contribution in [-0.2, 0) is 16.0 Å². The first kappa shape index (κ1) is 15.1. The molecule has 0 radical (unpaired) electrons. The van der Waals surface area contributed by atoms with Crippen LogP contribution in [-0.4, -0.2) is 24.5 Å². The van der Waals surface area contributed by atoms with Crippen molar-refractivity contribution in [2.24, 2.45) is 0 Å². The van der Waals surface area contributed by atoms with E-state index in [1.165, 1.54) is 0 Å². The minimum atomic E-state index is -0.651. The molecule has 5 heteroatoms. The van der Waals surface area contributed by atoms with Gasteiger partial charge in [0.25, 0.3) is 0 Å². The van der Waals surface area contributed by atoms with Crippen LogP contribution in [0.5, 0.6) is 5.75 Å². The summed E-state index contributed by atoms with van der Waals surface area (Å²) in [4.78, 5) is 23.9. The lowest BCUT2D eigenvalue weighted by molar-refractivity contribution is -0.138. The molecule has 1 aliphatic heterocycles. The topological polar surface area (TPSA) is 67.4 Å². The summed E-state index contributed by atoms with van der Waals surface area (Å²) >= 11 is 0. The first-order valence-corrected chi connectivity index (χ1v) is 7.60. The van der Waals surface area contributed by atoms with Crippen molar-refractivity contribution in [1.29, 1.82) is 0 Å². The van der Waals surface area contributed by atoms with E-state index in [4.69, 9.17) is 4.74 Å². The quantitative estimate of drug-likeness (QED) is 0.656. The van der Waals surface area contributed by atoms with Crippen molar-refractivity contribution >= 4 is 17.6 Å². The van der Waals surface area contributed by atoms with Crippen molar-refractivity contribution in [3.05, 3.63) is 60.2 Å². The van der Waals surface area contributed by atoms with Gasteiger partial charge in [-0.1, -0.05) is 42.5 Å². The number of esters is 1. The monoisotopic (exact) mass is 310 g/mol. The van der Waals surface area contributed by atoms with E-state index in [1.807, 2.05) is 42.5 Å². The summed E-state index contributed by atoms with van der Waals surface area (Å²) in [6, 6.07) is 16.5. The predicted octanol–water partition coefficient (Wildman–Crippen LogP) is 2.14. The van der Waals surface area contributed by atoms with Crippen LogP contribution in [0.1, 0.15) is 12.0 Å². The molecule has 0 bridgehead atoms. The Morgan fingerprint density at radius 1 is 1.09 bits per heavy atom. The Hall–Kier alpha value is -2.82. The molecular formula is C18H18N2O3. The van der Waals surface area contributed by atoms with E-state index in [9.17, 15) is 9.59 Å². The van der Waals surface area contributed by atoms with Crippen molar-refractivity contribution in [2.45, 2.75) is 18.9 Å². The second kappa shape index (κ2) is 6.96. The molecule has 2 aromatic carbocycles. The first-order chi connectivity index (χ1) is 11.2. The lowest BCUT2D eigenvalue weighted by Gasteiger charge is -2.24. The zero-order valence-corrected chi connectivity index (χ0v) is 12.6. The van der Waals surface area contributed by atoms with Crippen LogP contribution in [0.2, 0.25) is 0 Å². The molecule has 0 saturated carbocycles. The van der Waals surface area contributed by atoms with E-state index >= 15 is 0 Å². The van der Waals surface area contributed by atoms with Gasteiger partial charge in [-0.15, -0.1) is 0 Å². The van der Waals surface area contributed by atoms with Gasteiger partial charge in [-0.25, -0.2) is 4.79 Å². The highest BCUT2D eigenvalue weighted by atomic mass is 16.5. The number of ether oxygens (including phenoxy) is 1. The van der Waals surface area contributed by atoms with Crippen molar-refractivity contribution in [3.63, 3.8) is 0 Å². The van der Waals surface area contributed by atoms with Crippen LogP contribution < -0.4 is 15.4 Å². The van der Waals surface area contributed by atoms with Crippen molar-refractivity contribution in [3.8, 4) is 5.75 Å². The number of hydrogen-bond donors (Lipinski definition) is 2. The highest BCUT2D eigenvalue weighted by Gasteiger charge is 2.29. The zero-order chi connectivity index (χ0) is 16.1. The number of amides is 1. The van der Waals surface area contributed by atoms with E-state index < -0.39 is 12.0 Å². The molecule has 0 aromatic heterocycles. The lowest BCUT2D eigenvalue weighted by atomic mass is 10.1. The molecular weight excluding hydrogens is 292 g/mol. The Bertz CT molecular complexity index is 700. The zero-order valence-electron chi connectivity index (χ0n) is 12.6. The van der Waals surface area contributed by atoms with Crippen LogP contribution in [0.4, 0.5) is 5.69 Å². The number of fused-ring (bicyclic) bond motifs is 1. The maximum atomic E-state index is 12.0. The standard InChI is InChI=1S/C18H18N2O3/c21-17(19-11-10-13-6-2-1-3-7-13)12-15-18(22)23-16-9-5-4-8-14(16)20-15/h1-9,15,20H,10-12H2,(H,19,21)/t15-/m1/s1. The Morgan fingerprint density at radius 2 is 1.83 bits per heavy atom. The number of carbonyl (C=O) groups excluding carboxylic acids is 2. The summed E-state index contributed by atoms with van der Waals surface area (Å²) in [6.45, 7) is 0.543. The summed E-state index contributed by atoms with van der Waals surface area (Å²) in [7, 11) is 0. The molecule has 0 spiro atoms. The maximum absolute atomic E-state index is 12.0. The molecule has 5 nitrogen and oxygen atoms in total. The fourth-order valence-electron chi connectivity index (χ4n) is 2.48. The number of carbonyl (C=O) groups is 2. The molecule has 1 heterocycles. The third kappa shape index (κ3) is 3.88. The molecule has 1 aliphatic rings. The van der Waals surface area contributed by atoms with Gasteiger partial charge in [-0.2, -0.15) is 0 Å². The first-order valence-electron chi connectivity index (χ1n) is 7.60. The summed E-state index contributed by atoms with van der Waals surface area (Å²) in [5, 5.41) is 5.89. The van der Waals surface area contributed by atoms with Gasteiger partial charge in [0.1, 0.15) is 6.04 Å². The molecule has 0 saturated heterocycles. The number of benzene rings is 2. The second-order valence-corrected chi connectivity index (χ2v) is 5.40. The number of para-hydroxylation sites is 2. The predicted molar refractivity (Wildman–Crippen MR) is 87.3 cm³/mol. The third-order valence-corrected chi connectivity index (χ3v) is 3.68. The minimum Gasteiger partial charge on any atom is -0.423 e. The Labute approximate surface area is 134 Å². The highest BCUT2D eigenvalue weighted by molar-refractivity contribution is 5.91. The lowest BCUT2D eigenvalue weighted by Crippen LogP contribution is -2.41. The van der Waals surface area contributed by atoms with Crippen LogP contribution in [0.3, 0.4) is 0 Å². The molecule has 2 N–H and O–H groups in total. The average Bonchev–Trinajstić information content (AvgIpc) is 2.56. The Balaban J connectivity index is 1.49. The Morgan fingerprint density at radius 3 is 2.65 bits per heavy atom. The smallest absolute Gasteiger partial charge is 0.334 e. The van der Waals surface area contributed by atoms with Crippen LogP contribution in [0.15, 0.2) is 54.6 Å². The fourth-order valence-corrected chi connectivity index (χ4v) is 2.48. The van der Waals surface area contributed by atoms with Crippen molar-refractivity contribution < 1.29 is 14.3 Å². The number of nitrogens with one attached hydrogen (secondary N) is 2. The van der Waals surface area contributed by atoms with E-state index in [2.05, 4.69) is 10.6 Å². The summed E-state index contributed by atoms with van der Waals surface area (Å²) in [5.74, 6) is -0.102. The van der Waals surface area contributed by atoms with Gasteiger partial charge in [0.15, 0.2) is 5.75 Å². The summed E-state index contributed by atoms with van der Waals surface area (Å²) in [6.07, 6.45) is 0.819. The van der Waals surface area contributed by atoms with Crippen molar-refractivity contribution in [2.75, 3.05) is 11.9 Å². The van der Waals surface area contributed by atoms with E-state index in [-0.39, 0.29) is 12.3 Å². The SMILES string of the molecule is O=C(C[C@H]1Nc2ccccc2OC1=O)NCCc1ccccc1. The molecule has 0 fully saturated rings. The van der Waals surface area contributed by atoms with Gasteiger partial charge in [-0.3, -0.25) is 4.79 Å². The molecule has 3 rings (SSSR count). The molecule has 23 heavy (non-hydrogen) atoms. The maximum Gasteiger partial charge on any atom is 0.334 e. The van der Waals surface area contributed by atoms with E-state index in [0.717, 1.165) is 17.7 Å². The average molecular weight is 310 g/mol. The molecule has 0 aliphatic carbocycles. The molecule has 1 atom stereocenters. The number of hydrogen-bond acceptors (Lipinski definition) is 4. The number of rotatable bonds is 5. The molecule has 0 unspecified atom stereocenters. The van der Waals surface area contributed by atoms with Gasteiger partial charge in [0, 0.05) is 6.54 Å². The van der Waals surface area contributed by atoms with Crippen LogP contribution >= 0.6 is 0 Å². The van der Waals surface area contributed by atoms with E-state index in [0.29, 0.717) is 12.3 Å². The molecule has 2 aromatic rings. The van der Waals surface area contributed by atoms with Gasteiger partial charge >= 0.3 is 5.97 Å². The third-order valence-electron chi connectivity index (χ3n) is 3.68. The number of anilines is 1. The molecule has 1 amide bonds. The highest BCUT2D eigenvalue weighted by Crippen LogP contribution is 2.29. The Kier molecular flexibility index (Phi) is 4.57. The fraction of sp³-hybridized carbons (Fsp3) is 0.222. The summed E-state index contributed by atoms with van der Waals surface area (Å²) in [5.41, 5.74) is 1.89. The van der Waals surface area contributed by atoms with Gasteiger partial charge < -0.3 is 15.4 Å². The van der Waals surface area contributed by atoms with Gasteiger partial charge in [0.05, 0.1) is 12.1 Å². The van der Waals surface area contributed by atoms with Gasteiger partial charge in [0.2, 0.25) is 5.91 Å². The normalized spacial score (nSPS) is 16.0. The van der Waals surface area contributed by atoms with Crippen molar-refractivity contribution in [1.82, 2.24) is 5.32 Å². The van der Waals surface area contributed by atoms with Gasteiger partial charge in [-0.05, 0) is 24.1 Å². The largest absolute Gasteiger partial charge is 0.423 e. The minimum absolute atomic E-state index is 0.0575.